The first kappa shape index (κ1) is 32.3. The van der Waals surface area contributed by atoms with Gasteiger partial charge in [-0.2, -0.15) is 5.26 Å². The van der Waals surface area contributed by atoms with Gasteiger partial charge in [0.2, 0.25) is 5.91 Å². The van der Waals surface area contributed by atoms with Crippen LogP contribution >= 0.6 is 0 Å². The smallest absolute Gasteiger partial charge is 0.251 e. The summed E-state index contributed by atoms with van der Waals surface area (Å²) in [5.74, 6) is 0.759. The van der Waals surface area contributed by atoms with Crippen LogP contribution in [0, 0.1) is 23.2 Å². The molecule has 2 heterocycles. The molecule has 3 aliphatic rings. The quantitative estimate of drug-likeness (QED) is 0.249. The number of piperidine rings is 1. The van der Waals surface area contributed by atoms with Gasteiger partial charge in [-0.3, -0.25) is 14.4 Å². The molecule has 4 N–H and O–H groups in total. The molecule has 1 aliphatic heterocycles. The van der Waals surface area contributed by atoms with Crippen molar-refractivity contribution >= 4 is 17.7 Å². The molecule has 0 spiro atoms. The average Bonchev–Trinajstić information content (AvgIpc) is 3.45. The van der Waals surface area contributed by atoms with E-state index in [0.717, 1.165) is 35.1 Å². The molecular formula is C35H43N9O3. The van der Waals surface area contributed by atoms with E-state index in [-0.39, 0.29) is 48.3 Å². The fourth-order valence-corrected chi connectivity index (χ4v) is 7.68. The van der Waals surface area contributed by atoms with Gasteiger partial charge in [-0.25, -0.2) is 5.10 Å². The summed E-state index contributed by atoms with van der Waals surface area (Å²) >= 11 is 0. The predicted octanol–water partition coefficient (Wildman–Crippen LogP) is 2.65. The lowest BCUT2D eigenvalue weighted by Gasteiger charge is -2.39. The number of amides is 3. The van der Waals surface area contributed by atoms with E-state index >= 15 is 0 Å². The summed E-state index contributed by atoms with van der Waals surface area (Å²) < 4.78 is 0. The first-order valence-corrected chi connectivity index (χ1v) is 16.7. The van der Waals surface area contributed by atoms with Gasteiger partial charge < -0.3 is 20.9 Å². The number of tetrazole rings is 1. The summed E-state index contributed by atoms with van der Waals surface area (Å²) in [6, 6.07) is 13.6. The number of nitrogens with one attached hydrogen (secondary N) is 4. The molecule has 246 valence electrons. The molecular weight excluding hydrogens is 594 g/mol. The molecule has 47 heavy (non-hydrogen) atoms. The third-order valence-electron chi connectivity index (χ3n) is 10.1. The van der Waals surface area contributed by atoms with E-state index in [1.54, 1.807) is 4.90 Å². The topological polar surface area (TPSA) is 169 Å². The Kier molecular flexibility index (Phi) is 9.10. The van der Waals surface area contributed by atoms with Crippen LogP contribution in [0.25, 0.3) is 0 Å². The summed E-state index contributed by atoms with van der Waals surface area (Å²) in [5.41, 5.74) is 4.17. The maximum Gasteiger partial charge on any atom is 0.251 e. The number of fused-ring (bicyclic) bond motifs is 3. The number of nitriles is 1. The Balaban J connectivity index is 1.45. The zero-order valence-corrected chi connectivity index (χ0v) is 27.5. The normalized spacial score (nSPS) is 21.1. The average molecular weight is 638 g/mol. The van der Waals surface area contributed by atoms with Crippen molar-refractivity contribution in [1.82, 2.24) is 41.5 Å². The lowest BCUT2D eigenvalue weighted by molar-refractivity contribution is -0.131. The van der Waals surface area contributed by atoms with Crippen molar-refractivity contribution in [3.63, 3.8) is 0 Å². The van der Waals surface area contributed by atoms with Crippen LogP contribution in [0.1, 0.15) is 95.8 Å². The second-order valence-corrected chi connectivity index (χ2v) is 13.3. The van der Waals surface area contributed by atoms with Crippen LogP contribution < -0.4 is 16.0 Å². The van der Waals surface area contributed by atoms with Crippen molar-refractivity contribution in [1.29, 1.82) is 5.26 Å². The van der Waals surface area contributed by atoms with Crippen molar-refractivity contribution in [3.8, 4) is 6.07 Å². The summed E-state index contributed by atoms with van der Waals surface area (Å²) in [7, 11) is 0. The van der Waals surface area contributed by atoms with E-state index in [4.69, 9.17) is 0 Å². The molecule has 1 aromatic heterocycles. The zero-order chi connectivity index (χ0) is 33.3. The van der Waals surface area contributed by atoms with Gasteiger partial charge in [0.15, 0.2) is 5.82 Å². The molecule has 2 aliphatic carbocycles. The molecule has 6 rings (SSSR count). The highest BCUT2D eigenvalue weighted by atomic mass is 16.2. The fourth-order valence-electron chi connectivity index (χ4n) is 7.68. The molecule has 0 unspecified atom stereocenters. The standard InChI is InChI=1S/C35H43N9O3/c1-5-37-32(46)23-9-11-27-21(13-23)7-8-22-14-24(33(47)38-6-2)10-12-28(22)35(27,34-40-42-43-41-34)17-29(20(3)4)39-19-31(45)44-26(18-36)15-25-16-30(25)44/h9-14,20,25-26,29-30,39H,5-8,15-17,19H2,1-4H3,(H,37,46)(H,38,47)(H,40,41,42,43)/t25-,26+,29+,30+/m1/s1. The second kappa shape index (κ2) is 13.2. The molecule has 12 nitrogen and oxygen atoms in total. The summed E-state index contributed by atoms with van der Waals surface area (Å²) in [6.07, 6.45) is 3.51. The first-order chi connectivity index (χ1) is 22.7. The number of aromatic amines is 1. The number of rotatable bonds is 11. The molecule has 4 atom stereocenters. The van der Waals surface area contributed by atoms with E-state index in [2.05, 4.69) is 56.5 Å². The fraction of sp³-hybridized carbons (Fsp3) is 0.514. The van der Waals surface area contributed by atoms with Crippen molar-refractivity contribution in [2.75, 3.05) is 19.6 Å². The third kappa shape index (κ3) is 6.00. The predicted molar refractivity (Wildman–Crippen MR) is 174 cm³/mol. The van der Waals surface area contributed by atoms with Crippen LogP contribution in [0.15, 0.2) is 36.4 Å². The third-order valence-corrected chi connectivity index (χ3v) is 10.1. The van der Waals surface area contributed by atoms with Crippen LogP contribution in [0.2, 0.25) is 0 Å². The van der Waals surface area contributed by atoms with Crippen LogP contribution in [0.5, 0.6) is 0 Å². The van der Waals surface area contributed by atoms with E-state index < -0.39 is 5.41 Å². The van der Waals surface area contributed by atoms with E-state index in [9.17, 15) is 19.6 Å². The minimum Gasteiger partial charge on any atom is -0.352 e. The highest BCUT2D eigenvalue weighted by molar-refractivity contribution is 5.95. The second-order valence-electron chi connectivity index (χ2n) is 13.3. The number of nitrogens with zero attached hydrogens (tertiary/aromatic N) is 5. The van der Waals surface area contributed by atoms with Crippen molar-refractivity contribution < 1.29 is 14.4 Å². The number of carbonyl (C=O) groups excluding carboxylic acids is 3. The Bertz CT molecular complexity index is 1630. The molecule has 2 aromatic carbocycles. The summed E-state index contributed by atoms with van der Waals surface area (Å²) in [4.78, 5) is 41.2. The molecule has 12 heteroatoms. The van der Waals surface area contributed by atoms with Gasteiger partial charge in [-0.15, -0.1) is 5.10 Å². The molecule has 1 saturated heterocycles. The van der Waals surface area contributed by atoms with Gasteiger partial charge in [0.1, 0.15) is 6.04 Å². The Morgan fingerprint density at radius 1 is 1.00 bits per heavy atom. The van der Waals surface area contributed by atoms with Crippen molar-refractivity contribution in [2.45, 2.75) is 83.3 Å². The number of hydrogen-bond donors (Lipinski definition) is 4. The largest absolute Gasteiger partial charge is 0.352 e. The number of H-pyrrole nitrogens is 1. The van der Waals surface area contributed by atoms with Gasteiger partial charge >= 0.3 is 0 Å². The highest BCUT2D eigenvalue weighted by Crippen LogP contribution is 2.49. The SMILES string of the molecule is CCNC(=O)c1ccc2c(c1)CCc1cc(C(=O)NCC)ccc1C2(C[C@H](NCC(=O)N1[C@H](C#N)C[C@@H]2C[C@@H]21)C(C)C)c1nnn[nH]1. The van der Waals surface area contributed by atoms with E-state index in [1.807, 2.05) is 50.2 Å². The number of likely N-dealkylation sites (tertiary alicyclic amines) is 1. The van der Waals surface area contributed by atoms with Crippen LogP contribution in [-0.2, 0) is 23.1 Å². The van der Waals surface area contributed by atoms with Crippen LogP contribution in [0.3, 0.4) is 0 Å². The van der Waals surface area contributed by atoms with E-state index in [0.29, 0.717) is 55.2 Å². The van der Waals surface area contributed by atoms with E-state index in [1.165, 1.54) is 0 Å². The Labute approximate surface area is 275 Å². The monoisotopic (exact) mass is 637 g/mol. The molecule has 1 saturated carbocycles. The number of hydrogen-bond acceptors (Lipinski definition) is 8. The lowest BCUT2D eigenvalue weighted by atomic mass is 9.66. The molecule has 0 bridgehead atoms. The zero-order valence-electron chi connectivity index (χ0n) is 27.5. The molecule has 0 radical (unpaired) electrons. The summed E-state index contributed by atoms with van der Waals surface area (Å²) in [5, 5.41) is 34.7. The number of benzene rings is 2. The maximum atomic E-state index is 13.5. The number of aryl methyl sites for hydroxylation is 2. The van der Waals surface area contributed by atoms with Crippen molar-refractivity contribution in [3.05, 3.63) is 75.6 Å². The Hall–Kier alpha value is -4.63. The van der Waals surface area contributed by atoms with Crippen LogP contribution in [-0.4, -0.2) is 81.0 Å². The molecule has 3 amide bonds. The van der Waals surface area contributed by atoms with Gasteiger partial charge in [-0.1, -0.05) is 26.0 Å². The Morgan fingerprint density at radius 3 is 2.13 bits per heavy atom. The molecule has 2 fully saturated rings. The number of aromatic nitrogens is 4. The first-order valence-electron chi connectivity index (χ1n) is 16.7. The minimum atomic E-state index is -0.903. The molecule has 3 aromatic rings. The van der Waals surface area contributed by atoms with Gasteiger partial charge in [0.05, 0.1) is 18.0 Å². The highest BCUT2D eigenvalue weighted by Gasteiger charge is 2.54. The number of carbonyl (C=O) groups is 3. The lowest BCUT2D eigenvalue weighted by Crippen LogP contribution is -2.49. The van der Waals surface area contributed by atoms with Crippen LogP contribution in [0.4, 0.5) is 0 Å². The summed E-state index contributed by atoms with van der Waals surface area (Å²) in [6.45, 7) is 9.17. The minimum absolute atomic E-state index is 0.0533. The van der Waals surface area contributed by atoms with Crippen molar-refractivity contribution in [2.24, 2.45) is 11.8 Å². The van der Waals surface area contributed by atoms with Gasteiger partial charge in [0, 0.05) is 36.3 Å². The Morgan fingerprint density at radius 2 is 1.62 bits per heavy atom. The van der Waals surface area contributed by atoms with Gasteiger partial charge in [0.25, 0.3) is 11.8 Å². The van der Waals surface area contributed by atoms with Gasteiger partial charge in [-0.05, 0) is 115 Å². The maximum absolute atomic E-state index is 13.5.